The van der Waals surface area contributed by atoms with E-state index in [1.54, 1.807) is 0 Å². The third kappa shape index (κ3) is 5.99. The lowest BCUT2D eigenvalue weighted by molar-refractivity contribution is -0.136. The Labute approximate surface area is 157 Å². The Hall–Kier alpha value is -1.60. The standard InChI is InChI=1S/C22H32O4/c1-2-3-4-5-6-9-17(23)11-12-19-20-15-16(8-7-10-22(25)26)18(20)13-14-21(19)24/h8,18-21,24H,2-7,9-10,13-15H2,1H3,(H,25,26). The monoisotopic (exact) mass is 360 g/mol. The fourth-order valence-corrected chi connectivity index (χ4v) is 4.21. The number of rotatable bonds is 9. The molecule has 2 aliphatic carbocycles. The predicted octanol–water partition coefficient (Wildman–Crippen LogP) is 4.12. The average Bonchev–Trinajstić information content (AvgIpc) is 2.58. The van der Waals surface area contributed by atoms with Gasteiger partial charge in [0.25, 0.3) is 0 Å². The number of fused-ring (bicyclic) bond motifs is 1. The Kier molecular flexibility index (Phi) is 8.38. The van der Waals surface area contributed by atoms with Crippen LogP contribution in [0.25, 0.3) is 0 Å². The van der Waals surface area contributed by atoms with E-state index in [-0.39, 0.29) is 18.1 Å². The maximum absolute atomic E-state index is 12.0. The number of aliphatic hydroxyl groups is 1. The summed E-state index contributed by atoms with van der Waals surface area (Å²) < 4.78 is 0. The zero-order valence-corrected chi connectivity index (χ0v) is 15.9. The fraction of sp³-hybridized carbons (Fsp3) is 0.727. The van der Waals surface area contributed by atoms with E-state index in [1.165, 1.54) is 24.8 Å². The number of allylic oxidation sites excluding steroid dienone is 2. The Balaban J connectivity index is 1.82. The molecule has 0 heterocycles. The molecule has 4 nitrogen and oxygen atoms in total. The molecule has 2 aliphatic rings. The Morgan fingerprint density at radius 3 is 2.65 bits per heavy atom. The van der Waals surface area contributed by atoms with Crippen LogP contribution in [0.3, 0.4) is 0 Å². The summed E-state index contributed by atoms with van der Waals surface area (Å²) in [6.07, 6.45) is 11.0. The van der Waals surface area contributed by atoms with Crippen LogP contribution in [0.15, 0.2) is 11.6 Å². The number of aliphatic hydroxyl groups excluding tert-OH is 1. The first-order valence-corrected chi connectivity index (χ1v) is 10.2. The molecular weight excluding hydrogens is 328 g/mol. The van der Waals surface area contributed by atoms with Gasteiger partial charge in [0.05, 0.1) is 12.0 Å². The van der Waals surface area contributed by atoms with Crippen LogP contribution in [0, 0.1) is 29.6 Å². The van der Waals surface area contributed by atoms with Crippen molar-refractivity contribution in [3.05, 3.63) is 11.6 Å². The van der Waals surface area contributed by atoms with E-state index >= 15 is 0 Å². The SMILES string of the molecule is CCCCCCCC(=O)C#CC1C(O)CCC2C(=CCCC(=O)O)CC21. The van der Waals surface area contributed by atoms with Crippen LogP contribution < -0.4 is 0 Å². The smallest absolute Gasteiger partial charge is 0.303 e. The van der Waals surface area contributed by atoms with Crippen LogP contribution in [0.2, 0.25) is 0 Å². The molecule has 4 atom stereocenters. The molecule has 0 spiro atoms. The molecule has 0 aromatic heterocycles. The number of hydrogen-bond donors (Lipinski definition) is 2. The first-order valence-electron chi connectivity index (χ1n) is 10.2. The molecule has 2 rings (SSSR count). The molecule has 0 saturated heterocycles. The van der Waals surface area contributed by atoms with Gasteiger partial charge < -0.3 is 10.2 Å². The van der Waals surface area contributed by atoms with Gasteiger partial charge in [-0.2, -0.15) is 0 Å². The molecule has 4 heteroatoms. The highest BCUT2D eigenvalue weighted by atomic mass is 16.4. The minimum absolute atomic E-state index is 0.00707. The lowest BCUT2D eigenvalue weighted by atomic mass is 9.57. The van der Waals surface area contributed by atoms with Crippen molar-refractivity contribution in [2.24, 2.45) is 17.8 Å². The number of hydrogen-bond acceptors (Lipinski definition) is 3. The highest BCUT2D eigenvalue weighted by Crippen LogP contribution is 2.51. The van der Waals surface area contributed by atoms with Gasteiger partial charge in [0, 0.05) is 12.8 Å². The molecule has 2 saturated carbocycles. The molecule has 0 amide bonds. The van der Waals surface area contributed by atoms with Crippen molar-refractivity contribution in [1.29, 1.82) is 0 Å². The van der Waals surface area contributed by atoms with Gasteiger partial charge in [-0.15, -0.1) is 0 Å². The maximum atomic E-state index is 12.0. The van der Waals surface area contributed by atoms with Gasteiger partial charge >= 0.3 is 5.97 Å². The van der Waals surface area contributed by atoms with Crippen molar-refractivity contribution in [3.63, 3.8) is 0 Å². The number of carbonyl (C=O) groups excluding carboxylic acids is 1. The summed E-state index contributed by atoms with van der Waals surface area (Å²) in [5, 5.41) is 19.0. The van der Waals surface area contributed by atoms with Crippen LogP contribution in [0.5, 0.6) is 0 Å². The second-order valence-corrected chi connectivity index (χ2v) is 7.71. The van der Waals surface area contributed by atoms with Gasteiger partial charge in [-0.1, -0.05) is 50.2 Å². The van der Waals surface area contributed by atoms with Crippen LogP contribution in [-0.2, 0) is 9.59 Å². The molecule has 4 unspecified atom stereocenters. The highest BCUT2D eigenvalue weighted by molar-refractivity contribution is 5.95. The first kappa shape index (κ1) is 20.7. The normalized spacial score (nSPS) is 28.6. The summed E-state index contributed by atoms with van der Waals surface area (Å²) >= 11 is 0. The minimum Gasteiger partial charge on any atom is -0.481 e. The topological polar surface area (TPSA) is 74.6 Å². The third-order valence-electron chi connectivity index (χ3n) is 5.76. The molecule has 144 valence electrons. The summed E-state index contributed by atoms with van der Waals surface area (Å²) in [6.45, 7) is 2.17. The Morgan fingerprint density at radius 2 is 1.92 bits per heavy atom. The van der Waals surface area contributed by atoms with Crippen molar-refractivity contribution in [3.8, 4) is 11.8 Å². The largest absolute Gasteiger partial charge is 0.481 e. The Bertz CT molecular complexity index is 581. The predicted molar refractivity (Wildman–Crippen MR) is 101 cm³/mol. The second kappa shape index (κ2) is 10.5. The van der Waals surface area contributed by atoms with E-state index in [9.17, 15) is 14.7 Å². The summed E-state index contributed by atoms with van der Waals surface area (Å²) in [7, 11) is 0. The number of carbonyl (C=O) groups is 2. The van der Waals surface area contributed by atoms with E-state index in [1.807, 2.05) is 0 Å². The maximum Gasteiger partial charge on any atom is 0.303 e. The number of carboxylic acids is 1. The van der Waals surface area contributed by atoms with E-state index in [4.69, 9.17) is 5.11 Å². The van der Waals surface area contributed by atoms with Crippen molar-refractivity contribution < 1.29 is 19.8 Å². The molecule has 0 aliphatic heterocycles. The van der Waals surface area contributed by atoms with Crippen LogP contribution in [0.1, 0.15) is 77.6 Å². The van der Waals surface area contributed by atoms with Crippen molar-refractivity contribution >= 4 is 11.8 Å². The summed E-state index contributed by atoms with van der Waals surface area (Å²) in [5.74, 6) is 5.70. The number of carboxylic acid groups (broad SMARTS) is 1. The number of unbranched alkanes of at least 4 members (excludes halogenated alkanes) is 4. The van der Waals surface area contributed by atoms with Crippen molar-refractivity contribution in [1.82, 2.24) is 0 Å². The second-order valence-electron chi connectivity index (χ2n) is 7.71. The minimum atomic E-state index is -0.770. The molecule has 0 bridgehead atoms. The summed E-state index contributed by atoms with van der Waals surface area (Å²) in [4.78, 5) is 22.6. The van der Waals surface area contributed by atoms with Crippen molar-refractivity contribution in [2.75, 3.05) is 0 Å². The van der Waals surface area contributed by atoms with Gasteiger partial charge in [-0.3, -0.25) is 9.59 Å². The Morgan fingerprint density at radius 1 is 1.15 bits per heavy atom. The molecular formula is C22H32O4. The molecule has 2 N–H and O–H groups in total. The van der Waals surface area contributed by atoms with Crippen molar-refractivity contribution in [2.45, 2.75) is 83.7 Å². The van der Waals surface area contributed by atoms with E-state index < -0.39 is 12.1 Å². The van der Waals surface area contributed by atoms with Gasteiger partial charge in [-0.05, 0) is 49.9 Å². The molecule has 0 radical (unpaired) electrons. The zero-order chi connectivity index (χ0) is 18.9. The molecule has 0 aromatic carbocycles. The summed E-state index contributed by atoms with van der Waals surface area (Å²) in [5.41, 5.74) is 1.32. The first-order chi connectivity index (χ1) is 12.5. The van der Waals surface area contributed by atoms with Gasteiger partial charge in [-0.25, -0.2) is 0 Å². The zero-order valence-electron chi connectivity index (χ0n) is 15.9. The van der Waals surface area contributed by atoms with Gasteiger partial charge in [0.1, 0.15) is 0 Å². The highest BCUT2D eigenvalue weighted by Gasteiger charge is 2.46. The number of Topliss-reactive ketones (excluding diaryl/α,β-unsaturated/α-hetero) is 1. The van der Waals surface area contributed by atoms with Gasteiger partial charge in [0.15, 0.2) is 0 Å². The van der Waals surface area contributed by atoms with E-state index in [2.05, 4.69) is 24.8 Å². The lowest BCUT2D eigenvalue weighted by Crippen LogP contribution is -2.44. The van der Waals surface area contributed by atoms with Crippen LogP contribution in [-0.4, -0.2) is 28.1 Å². The van der Waals surface area contributed by atoms with Crippen LogP contribution >= 0.6 is 0 Å². The quantitative estimate of drug-likeness (QED) is 0.281. The van der Waals surface area contributed by atoms with Gasteiger partial charge in [0.2, 0.25) is 5.78 Å². The van der Waals surface area contributed by atoms with E-state index in [0.717, 1.165) is 25.7 Å². The van der Waals surface area contributed by atoms with Crippen LogP contribution in [0.4, 0.5) is 0 Å². The molecule has 0 aromatic rings. The van der Waals surface area contributed by atoms with E-state index in [0.29, 0.717) is 31.1 Å². The lowest BCUT2D eigenvalue weighted by Gasteiger charge is -2.48. The molecule has 2 fully saturated rings. The summed E-state index contributed by atoms with van der Waals surface area (Å²) in [6, 6.07) is 0. The third-order valence-corrected chi connectivity index (χ3v) is 5.76. The average molecular weight is 360 g/mol. The molecule has 26 heavy (non-hydrogen) atoms. The fourth-order valence-electron chi connectivity index (χ4n) is 4.21. The number of ketones is 1. The number of aliphatic carboxylic acids is 1.